The van der Waals surface area contributed by atoms with Gasteiger partial charge in [-0.3, -0.25) is 4.57 Å². The number of nitrogens with zero attached hydrogens (tertiary/aromatic N) is 2. The molecule has 0 aromatic carbocycles. The van der Waals surface area contributed by atoms with Crippen LogP contribution in [-0.4, -0.2) is 15.7 Å². The molecule has 1 aromatic rings. The normalized spacial score (nSPS) is 10.6. The summed E-state index contributed by atoms with van der Waals surface area (Å²) >= 11 is 0. The van der Waals surface area contributed by atoms with E-state index in [0.717, 1.165) is 0 Å². The van der Waals surface area contributed by atoms with Crippen LogP contribution in [0.15, 0.2) is 16.1 Å². The van der Waals surface area contributed by atoms with Crippen LogP contribution in [0.1, 0.15) is 0 Å². The first-order valence-corrected chi connectivity index (χ1v) is 3.32. The largest absolute Gasteiger partial charge is 0.327 e. The lowest BCUT2D eigenvalue weighted by atomic mass is 10.5. The monoisotopic (exact) mass is 170 g/mol. The van der Waals surface area contributed by atoms with Crippen molar-refractivity contribution in [3.8, 4) is 0 Å². The van der Waals surface area contributed by atoms with Gasteiger partial charge in [0.05, 0.1) is 18.9 Å². The molecule has 0 saturated carbocycles. The van der Waals surface area contributed by atoms with E-state index in [0.29, 0.717) is 0 Å². The Balaban J connectivity index is 3.02. The minimum absolute atomic E-state index is 0.153. The molecule has 0 aliphatic heterocycles. The predicted octanol–water partition coefficient (Wildman–Crippen LogP) is -0.918. The third-order valence-electron chi connectivity index (χ3n) is 1.35. The summed E-state index contributed by atoms with van der Waals surface area (Å²) in [6, 6.07) is 0. The molecule has 0 fully saturated rings. The quantitative estimate of drug-likeness (QED) is 0.346. The molecule has 0 atom stereocenters. The molecule has 0 radical (unpaired) electrons. The molecule has 0 aliphatic carbocycles. The van der Waals surface area contributed by atoms with Crippen molar-refractivity contribution in [3.05, 3.63) is 16.7 Å². The van der Waals surface area contributed by atoms with E-state index in [1.54, 1.807) is 0 Å². The van der Waals surface area contributed by atoms with Gasteiger partial charge in [-0.2, -0.15) is 0 Å². The smallest absolute Gasteiger partial charge is 0.315 e. The highest BCUT2D eigenvalue weighted by atomic mass is 16.1. The second kappa shape index (κ2) is 3.28. The van der Waals surface area contributed by atoms with Crippen LogP contribution in [-0.2, 0) is 6.54 Å². The Labute approximate surface area is 67.9 Å². The predicted molar refractivity (Wildman–Crippen MR) is 42.0 cm³/mol. The maximum Gasteiger partial charge on any atom is 0.327 e. The number of rotatable bonds is 3. The molecule has 1 heterocycles. The van der Waals surface area contributed by atoms with E-state index in [1.165, 1.54) is 10.8 Å². The highest BCUT2D eigenvalue weighted by molar-refractivity contribution is 5.22. The molecule has 7 heteroatoms. The van der Waals surface area contributed by atoms with Crippen molar-refractivity contribution < 1.29 is 0 Å². The van der Waals surface area contributed by atoms with Crippen LogP contribution in [0.3, 0.4) is 0 Å². The van der Waals surface area contributed by atoms with Crippen LogP contribution in [0.5, 0.6) is 0 Å². The highest BCUT2D eigenvalue weighted by Crippen LogP contribution is 2.05. The molecule has 66 valence electrons. The zero-order valence-electron chi connectivity index (χ0n) is 6.32. The summed E-state index contributed by atoms with van der Waals surface area (Å²) < 4.78 is 1.21. The summed E-state index contributed by atoms with van der Waals surface area (Å²) in [5.74, 6) is 0.223. The minimum atomic E-state index is -0.626. The van der Waals surface area contributed by atoms with Crippen molar-refractivity contribution >= 4 is 5.82 Å². The summed E-state index contributed by atoms with van der Waals surface area (Å²) in [6.07, 6.45) is 0.705. The summed E-state index contributed by atoms with van der Waals surface area (Å²) in [7, 11) is 0. The third kappa shape index (κ3) is 1.57. The molecule has 0 spiro atoms. The van der Waals surface area contributed by atoms with E-state index < -0.39 is 6.17 Å². The number of hydrogen-bond acceptors (Lipinski definition) is 5. The average molecular weight is 170 g/mol. The van der Waals surface area contributed by atoms with Gasteiger partial charge in [0, 0.05) is 0 Å². The Morgan fingerprint density at radius 3 is 2.92 bits per heavy atom. The molecule has 1 rings (SSSR count). The number of aromatic amines is 1. The van der Waals surface area contributed by atoms with Crippen molar-refractivity contribution in [1.82, 2.24) is 9.55 Å². The minimum Gasteiger partial charge on any atom is -0.315 e. The van der Waals surface area contributed by atoms with Gasteiger partial charge in [-0.1, -0.05) is 0 Å². The van der Waals surface area contributed by atoms with Crippen LogP contribution in [0.4, 0.5) is 5.82 Å². The van der Waals surface area contributed by atoms with Crippen LogP contribution in [0.2, 0.25) is 0 Å². The first kappa shape index (κ1) is 8.62. The fraction of sp³-hybridized carbons (Fsp3) is 0.400. The van der Waals surface area contributed by atoms with Gasteiger partial charge in [-0.25, -0.2) is 10.3 Å². The molecule has 12 heavy (non-hydrogen) atoms. The lowest BCUT2D eigenvalue weighted by Crippen LogP contribution is -2.37. The van der Waals surface area contributed by atoms with Gasteiger partial charge in [0.2, 0.25) is 0 Å². The topological polar surface area (TPSA) is 126 Å². The number of nitrogens with one attached hydrogen (secondary N) is 2. The maximum absolute atomic E-state index is 11.0. The second-order valence-electron chi connectivity index (χ2n) is 2.34. The van der Waals surface area contributed by atoms with E-state index in [1.807, 2.05) is 0 Å². The molecule has 0 bridgehead atoms. The van der Waals surface area contributed by atoms with Gasteiger partial charge in [0.15, 0.2) is 5.82 Å². The van der Waals surface area contributed by atoms with E-state index in [9.17, 15) is 4.79 Å². The Kier molecular flexibility index (Phi) is 2.36. The van der Waals surface area contributed by atoms with E-state index in [-0.39, 0.29) is 18.1 Å². The first-order valence-electron chi connectivity index (χ1n) is 3.32. The Morgan fingerprint density at radius 2 is 2.42 bits per heavy atom. The summed E-state index contributed by atoms with van der Waals surface area (Å²) in [5, 5.41) is 3.12. The Morgan fingerprint density at radius 1 is 1.75 bits per heavy atom. The van der Waals surface area contributed by atoms with E-state index >= 15 is 0 Å². The number of imidazole rings is 1. The number of nitrogens with two attached hydrogens (primary N) is 2. The van der Waals surface area contributed by atoms with Gasteiger partial charge < -0.3 is 16.5 Å². The molecular formula is C5H10N6O. The van der Waals surface area contributed by atoms with Gasteiger partial charge in [-0.05, 0) is 0 Å². The summed E-state index contributed by atoms with van der Waals surface area (Å²) in [4.78, 5) is 13.4. The number of H-pyrrole nitrogens is 1. The van der Waals surface area contributed by atoms with Crippen molar-refractivity contribution in [2.45, 2.75) is 12.7 Å². The molecule has 0 aliphatic rings. The fourth-order valence-corrected chi connectivity index (χ4v) is 0.866. The fourth-order valence-electron chi connectivity index (χ4n) is 0.866. The molecule has 0 saturated heterocycles. The third-order valence-corrected chi connectivity index (χ3v) is 1.35. The average Bonchev–Trinajstić information content (AvgIpc) is 2.32. The van der Waals surface area contributed by atoms with Crippen molar-refractivity contribution in [2.24, 2.45) is 16.6 Å². The molecule has 7 nitrogen and oxygen atoms in total. The number of hydrogen-bond donors (Lipinski definition) is 4. The van der Waals surface area contributed by atoms with Gasteiger partial charge in [0.1, 0.15) is 0 Å². The van der Waals surface area contributed by atoms with Gasteiger partial charge >= 0.3 is 5.69 Å². The maximum atomic E-state index is 11.0. The lowest BCUT2D eigenvalue weighted by Gasteiger charge is -2.05. The Bertz CT molecular complexity index is 323. The van der Waals surface area contributed by atoms with Crippen LogP contribution in [0.25, 0.3) is 0 Å². The second-order valence-corrected chi connectivity index (χ2v) is 2.34. The summed E-state index contributed by atoms with van der Waals surface area (Å²) in [6.45, 7) is 0.153. The van der Waals surface area contributed by atoms with E-state index in [4.69, 9.17) is 17.0 Å². The highest BCUT2D eigenvalue weighted by Gasteiger charge is 2.06. The van der Waals surface area contributed by atoms with Crippen LogP contribution >= 0.6 is 0 Å². The summed E-state index contributed by atoms with van der Waals surface area (Å²) in [5.41, 5.74) is 16.9. The van der Waals surface area contributed by atoms with Crippen LogP contribution < -0.4 is 17.2 Å². The van der Waals surface area contributed by atoms with Crippen molar-refractivity contribution in [3.63, 3.8) is 0 Å². The van der Waals surface area contributed by atoms with E-state index in [2.05, 4.69) is 10.1 Å². The Hall–Kier alpha value is -1.47. The zero-order chi connectivity index (χ0) is 9.14. The lowest BCUT2D eigenvalue weighted by molar-refractivity contribution is 0.557. The standard InChI is InChI=1S/C5H10N6O/c6-3(7)2-11-4(10-8)1-9-5(11)12/h1,3,8H,2,6-7H2,(H,9,12). The molecule has 1 aromatic heterocycles. The van der Waals surface area contributed by atoms with Crippen LogP contribution in [0, 0.1) is 5.53 Å². The van der Waals surface area contributed by atoms with Crippen molar-refractivity contribution in [1.29, 1.82) is 5.53 Å². The molecular weight excluding hydrogens is 160 g/mol. The molecule has 6 N–H and O–H groups in total. The van der Waals surface area contributed by atoms with Crippen molar-refractivity contribution in [2.75, 3.05) is 0 Å². The molecule has 0 amide bonds. The van der Waals surface area contributed by atoms with Gasteiger partial charge in [0.25, 0.3) is 0 Å². The van der Waals surface area contributed by atoms with Gasteiger partial charge in [-0.15, -0.1) is 5.11 Å². The first-order chi connectivity index (χ1) is 5.65. The number of aromatic nitrogens is 2. The SMILES string of the molecule is N=Nc1c[nH]c(=O)n1CC(N)N. The zero-order valence-corrected chi connectivity index (χ0v) is 6.32. The molecule has 0 unspecified atom stereocenters.